The third kappa shape index (κ3) is 3.63. The van der Waals surface area contributed by atoms with Crippen LogP contribution in [0.5, 0.6) is 6.01 Å². The smallest absolute Gasteiger partial charge is 0.321 e. The summed E-state index contributed by atoms with van der Waals surface area (Å²) in [6, 6.07) is 6.27. The molecule has 0 radical (unpaired) electrons. The molecule has 1 aromatic heterocycles. The minimum Gasteiger partial charge on any atom is -0.464 e. The van der Waals surface area contributed by atoms with Crippen molar-refractivity contribution in [3.8, 4) is 17.4 Å². The van der Waals surface area contributed by atoms with Gasteiger partial charge in [0.15, 0.2) is 5.82 Å². The SMILES string of the molecule is CCCNc1nc(OCC)nc(-c2ccc(F)cc2)n1. The fourth-order valence-electron chi connectivity index (χ4n) is 1.59. The lowest BCUT2D eigenvalue weighted by Crippen LogP contribution is -2.08. The Bertz CT molecular complexity index is 560. The van der Waals surface area contributed by atoms with Gasteiger partial charge in [-0.1, -0.05) is 6.92 Å². The van der Waals surface area contributed by atoms with Crippen molar-refractivity contribution >= 4 is 5.95 Å². The molecule has 0 saturated carbocycles. The van der Waals surface area contributed by atoms with E-state index < -0.39 is 0 Å². The number of aromatic nitrogens is 3. The number of ether oxygens (including phenoxy) is 1. The van der Waals surface area contributed by atoms with Crippen molar-refractivity contribution in [3.63, 3.8) is 0 Å². The van der Waals surface area contributed by atoms with E-state index in [2.05, 4.69) is 27.2 Å². The van der Waals surface area contributed by atoms with Crippen LogP contribution < -0.4 is 10.1 Å². The topological polar surface area (TPSA) is 59.9 Å². The van der Waals surface area contributed by atoms with Crippen molar-refractivity contribution in [2.24, 2.45) is 0 Å². The number of nitrogens with one attached hydrogen (secondary N) is 1. The quantitative estimate of drug-likeness (QED) is 0.879. The molecule has 5 nitrogen and oxygen atoms in total. The molecule has 0 aliphatic rings. The van der Waals surface area contributed by atoms with Gasteiger partial charge in [-0.3, -0.25) is 0 Å². The Labute approximate surface area is 117 Å². The van der Waals surface area contributed by atoms with E-state index in [9.17, 15) is 4.39 Å². The summed E-state index contributed by atoms with van der Waals surface area (Å²) in [6.07, 6.45) is 0.960. The summed E-state index contributed by atoms with van der Waals surface area (Å²) in [5.41, 5.74) is 0.717. The van der Waals surface area contributed by atoms with Gasteiger partial charge in [-0.25, -0.2) is 4.39 Å². The Morgan fingerprint density at radius 3 is 2.50 bits per heavy atom. The Kier molecular flexibility index (Phi) is 4.81. The normalized spacial score (nSPS) is 10.3. The summed E-state index contributed by atoms with van der Waals surface area (Å²) < 4.78 is 18.3. The van der Waals surface area contributed by atoms with Crippen LogP contribution >= 0.6 is 0 Å². The van der Waals surface area contributed by atoms with E-state index >= 15 is 0 Å². The second-order valence-corrected chi connectivity index (χ2v) is 4.13. The van der Waals surface area contributed by atoms with E-state index in [0.717, 1.165) is 13.0 Å². The number of rotatable bonds is 6. The molecule has 0 fully saturated rings. The minimum atomic E-state index is -0.294. The summed E-state index contributed by atoms with van der Waals surface area (Å²) in [7, 11) is 0. The maximum absolute atomic E-state index is 13.0. The molecular weight excluding hydrogens is 259 g/mol. The van der Waals surface area contributed by atoms with Gasteiger partial charge in [0, 0.05) is 12.1 Å². The number of nitrogens with zero attached hydrogens (tertiary/aromatic N) is 3. The lowest BCUT2D eigenvalue weighted by molar-refractivity contribution is 0.312. The van der Waals surface area contributed by atoms with E-state index in [1.54, 1.807) is 12.1 Å². The molecule has 0 aliphatic carbocycles. The zero-order chi connectivity index (χ0) is 14.4. The van der Waals surface area contributed by atoms with E-state index in [4.69, 9.17) is 4.74 Å². The molecule has 2 aromatic rings. The maximum Gasteiger partial charge on any atom is 0.321 e. The predicted octanol–water partition coefficient (Wildman–Crippen LogP) is 2.90. The van der Waals surface area contributed by atoms with Crippen LogP contribution in [0, 0.1) is 5.82 Å². The predicted molar refractivity (Wildman–Crippen MR) is 75.2 cm³/mol. The van der Waals surface area contributed by atoms with Crippen LogP contribution in [-0.4, -0.2) is 28.1 Å². The zero-order valence-electron chi connectivity index (χ0n) is 11.6. The van der Waals surface area contributed by atoms with E-state index in [1.165, 1.54) is 12.1 Å². The van der Waals surface area contributed by atoms with Crippen LogP contribution in [0.4, 0.5) is 10.3 Å². The van der Waals surface area contributed by atoms with Crippen LogP contribution in [0.1, 0.15) is 20.3 Å². The molecule has 0 atom stereocenters. The molecule has 2 rings (SSSR count). The molecule has 1 aromatic carbocycles. The van der Waals surface area contributed by atoms with Gasteiger partial charge < -0.3 is 10.1 Å². The largest absolute Gasteiger partial charge is 0.464 e. The first kappa shape index (κ1) is 14.2. The molecule has 1 heterocycles. The van der Waals surface area contributed by atoms with Crippen LogP contribution in [0.3, 0.4) is 0 Å². The summed E-state index contributed by atoms with van der Waals surface area (Å²) in [5, 5.41) is 3.10. The summed E-state index contributed by atoms with van der Waals surface area (Å²) in [6.45, 7) is 5.15. The van der Waals surface area contributed by atoms with Gasteiger partial charge in [0.25, 0.3) is 0 Å². The molecule has 0 spiro atoms. The molecule has 106 valence electrons. The minimum absolute atomic E-state index is 0.264. The summed E-state index contributed by atoms with van der Waals surface area (Å²) in [5.74, 6) is 0.629. The highest BCUT2D eigenvalue weighted by molar-refractivity contribution is 5.56. The molecule has 0 amide bonds. The van der Waals surface area contributed by atoms with Gasteiger partial charge in [-0.05, 0) is 37.6 Å². The van der Waals surface area contributed by atoms with Crippen LogP contribution in [0.25, 0.3) is 11.4 Å². The Hall–Kier alpha value is -2.24. The standard InChI is InChI=1S/C14H17FN4O/c1-3-9-16-13-17-12(18-14(19-13)20-4-2)10-5-7-11(15)8-6-10/h5-8H,3-4,9H2,1-2H3,(H,16,17,18,19). The van der Waals surface area contributed by atoms with Crippen molar-refractivity contribution in [1.82, 2.24) is 15.0 Å². The van der Waals surface area contributed by atoms with E-state index in [-0.39, 0.29) is 11.8 Å². The molecular formula is C14H17FN4O. The van der Waals surface area contributed by atoms with Crippen molar-refractivity contribution in [2.75, 3.05) is 18.5 Å². The fourth-order valence-corrected chi connectivity index (χ4v) is 1.59. The molecule has 0 bridgehead atoms. The maximum atomic E-state index is 13.0. The number of halogens is 1. The van der Waals surface area contributed by atoms with Gasteiger partial charge in [0.1, 0.15) is 5.82 Å². The van der Waals surface area contributed by atoms with Crippen molar-refractivity contribution in [3.05, 3.63) is 30.1 Å². The average Bonchev–Trinajstić information content (AvgIpc) is 2.46. The van der Waals surface area contributed by atoms with E-state index in [0.29, 0.717) is 23.9 Å². The third-order valence-corrected chi connectivity index (χ3v) is 2.52. The number of anilines is 1. The van der Waals surface area contributed by atoms with Crippen LogP contribution in [0.15, 0.2) is 24.3 Å². The van der Waals surface area contributed by atoms with Crippen LogP contribution in [-0.2, 0) is 0 Å². The van der Waals surface area contributed by atoms with Gasteiger partial charge >= 0.3 is 6.01 Å². The van der Waals surface area contributed by atoms with Crippen molar-refractivity contribution in [2.45, 2.75) is 20.3 Å². The second-order valence-electron chi connectivity index (χ2n) is 4.13. The van der Waals surface area contributed by atoms with E-state index in [1.807, 2.05) is 6.92 Å². The summed E-state index contributed by atoms with van der Waals surface area (Å²) >= 11 is 0. The highest BCUT2D eigenvalue weighted by Crippen LogP contribution is 2.19. The van der Waals surface area contributed by atoms with Gasteiger partial charge in [0.05, 0.1) is 6.61 Å². The number of hydrogen-bond donors (Lipinski definition) is 1. The van der Waals surface area contributed by atoms with Gasteiger partial charge in [-0.2, -0.15) is 15.0 Å². The number of benzene rings is 1. The monoisotopic (exact) mass is 276 g/mol. The molecule has 6 heteroatoms. The molecule has 0 unspecified atom stereocenters. The molecule has 20 heavy (non-hydrogen) atoms. The number of hydrogen-bond acceptors (Lipinski definition) is 5. The molecule has 1 N–H and O–H groups in total. The van der Waals surface area contributed by atoms with Gasteiger partial charge in [-0.15, -0.1) is 0 Å². The summed E-state index contributed by atoms with van der Waals surface area (Å²) in [4.78, 5) is 12.7. The van der Waals surface area contributed by atoms with Gasteiger partial charge in [0.2, 0.25) is 5.95 Å². The fraction of sp³-hybridized carbons (Fsp3) is 0.357. The molecule has 0 saturated heterocycles. The van der Waals surface area contributed by atoms with Crippen molar-refractivity contribution < 1.29 is 9.13 Å². The lowest BCUT2D eigenvalue weighted by Gasteiger charge is -2.08. The highest BCUT2D eigenvalue weighted by atomic mass is 19.1. The Balaban J connectivity index is 2.34. The first-order valence-corrected chi connectivity index (χ1v) is 6.61. The van der Waals surface area contributed by atoms with Crippen molar-refractivity contribution in [1.29, 1.82) is 0 Å². The average molecular weight is 276 g/mol. The second kappa shape index (κ2) is 6.79. The highest BCUT2D eigenvalue weighted by Gasteiger charge is 2.09. The lowest BCUT2D eigenvalue weighted by atomic mass is 10.2. The first-order chi connectivity index (χ1) is 9.72. The molecule has 0 aliphatic heterocycles. The van der Waals surface area contributed by atoms with Crippen LogP contribution in [0.2, 0.25) is 0 Å². The Morgan fingerprint density at radius 1 is 1.10 bits per heavy atom. The zero-order valence-corrected chi connectivity index (χ0v) is 11.6. The Morgan fingerprint density at radius 2 is 1.85 bits per heavy atom. The third-order valence-electron chi connectivity index (χ3n) is 2.52. The first-order valence-electron chi connectivity index (χ1n) is 6.61.